The van der Waals surface area contributed by atoms with Gasteiger partial charge in [0.2, 0.25) is 0 Å². The van der Waals surface area contributed by atoms with E-state index in [2.05, 4.69) is 34.6 Å². The van der Waals surface area contributed by atoms with Crippen LogP contribution >= 0.6 is 11.3 Å². The minimum Gasteiger partial charge on any atom is -0.493 e. The first kappa shape index (κ1) is 19.7. The Morgan fingerprint density at radius 3 is 2.23 bits per heavy atom. The quantitative estimate of drug-likeness (QED) is 0.432. The lowest BCUT2D eigenvalue weighted by molar-refractivity contribution is -0.118. The normalized spacial score (nSPS) is 10.4. The summed E-state index contributed by atoms with van der Waals surface area (Å²) < 4.78 is 10.8. The predicted octanol–water partition coefficient (Wildman–Crippen LogP) is 5.50. The van der Waals surface area contributed by atoms with Gasteiger partial charge in [-0.1, -0.05) is 66.7 Å². The Balaban J connectivity index is 1.37. The highest BCUT2D eigenvalue weighted by Crippen LogP contribution is 2.28. The SMILES string of the molecule is COc1ccccc1OCC(=O)Nc1nc(-c2ccc(-c3ccccc3)cc2)cs1. The molecule has 4 rings (SSSR count). The van der Waals surface area contributed by atoms with Crippen molar-refractivity contribution in [1.82, 2.24) is 4.98 Å². The van der Waals surface area contributed by atoms with Crippen molar-refractivity contribution < 1.29 is 14.3 Å². The summed E-state index contributed by atoms with van der Waals surface area (Å²) in [5.74, 6) is 0.829. The summed E-state index contributed by atoms with van der Waals surface area (Å²) >= 11 is 1.38. The van der Waals surface area contributed by atoms with Crippen molar-refractivity contribution >= 4 is 22.4 Å². The van der Waals surface area contributed by atoms with E-state index in [9.17, 15) is 4.79 Å². The summed E-state index contributed by atoms with van der Waals surface area (Å²) in [5.41, 5.74) is 4.14. The van der Waals surface area contributed by atoms with Crippen LogP contribution in [0, 0.1) is 0 Å². The van der Waals surface area contributed by atoms with E-state index >= 15 is 0 Å². The minimum atomic E-state index is -0.277. The fourth-order valence-corrected chi connectivity index (χ4v) is 3.70. The molecule has 0 aliphatic rings. The molecule has 1 amide bonds. The van der Waals surface area contributed by atoms with Gasteiger partial charge in [-0.25, -0.2) is 4.98 Å². The van der Waals surface area contributed by atoms with Gasteiger partial charge in [-0.05, 0) is 23.3 Å². The molecule has 0 saturated carbocycles. The summed E-state index contributed by atoms with van der Waals surface area (Å²) in [6.07, 6.45) is 0. The highest BCUT2D eigenvalue weighted by Gasteiger charge is 2.10. The molecule has 5 nitrogen and oxygen atoms in total. The molecule has 3 aromatic carbocycles. The van der Waals surface area contributed by atoms with Gasteiger partial charge < -0.3 is 9.47 Å². The Morgan fingerprint density at radius 2 is 1.50 bits per heavy atom. The maximum absolute atomic E-state index is 12.2. The smallest absolute Gasteiger partial charge is 0.264 e. The zero-order chi connectivity index (χ0) is 20.8. The van der Waals surface area contributed by atoms with Crippen LogP contribution in [-0.4, -0.2) is 24.6 Å². The summed E-state index contributed by atoms with van der Waals surface area (Å²) in [6, 6.07) is 25.6. The molecule has 0 fully saturated rings. The Bertz CT molecular complexity index is 1120. The molecule has 0 bridgehead atoms. The molecule has 0 spiro atoms. The summed E-state index contributed by atoms with van der Waals surface area (Å²) in [6.45, 7) is -0.124. The number of aromatic nitrogens is 1. The van der Waals surface area contributed by atoms with Crippen molar-refractivity contribution in [2.75, 3.05) is 19.0 Å². The maximum atomic E-state index is 12.2. The number of nitrogens with one attached hydrogen (secondary N) is 1. The van der Waals surface area contributed by atoms with E-state index in [-0.39, 0.29) is 12.5 Å². The van der Waals surface area contributed by atoms with Gasteiger partial charge >= 0.3 is 0 Å². The van der Waals surface area contributed by atoms with E-state index in [1.165, 1.54) is 16.9 Å². The zero-order valence-corrected chi connectivity index (χ0v) is 17.2. The number of methoxy groups -OCH3 is 1. The molecule has 0 aliphatic carbocycles. The second-order valence-corrected chi connectivity index (χ2v) is 7.33. The number of ether oxygens (including phenoxy) is 2. The maximum Gasteiger partial charge on any atom is 0.264 e. The minimum absolute atomic E-state index is 0.124. The number of para-hydroxylation sites is 2. The molecule has 0 aliphatic heterocycles. The first-order chi connectivity index (χ1) is 14.7. The average molecular weight is 417 g/mol. The number of anilines is 1. The number of carbonyl (C=O) groups is 1. The summed E-state index contributed by atoms with van der Waals surface area (Å²) in [4.78, 5) is 16.7. The molecule has 4 aromatic rings. The van der Waals surface area contributed by atoms with Crippen LogP contribution in [0.5, 0.6) is 11.5 Å². The molecule has 1 aromatic heterocycles. The topological polar surface area (TPSA) is 60.5 Å². The predicted molar refractivity (Wildman–Crippen MR) is 120 cm³/mol. The van der Waals surface area contributed by atoms with Crippen LogP contribution in [0.2, 0.25) is 0 Å². The monoisotopic (exact) mass is 416 g/mol. The molecule has 1 heterocycles. The van der Waals surface area contributed by atoms with Crippen LogP contribution in [0.3, 0.4) is 0 Å². The molecular formula is C24H20N2O3S. The molecule has 0 unspecified atom stereocenters. The van der Waals surface area contributed by atoms with Crippen molar-refractivity contribution in [2.24, 2.45) is 0 Å². The molecule has 30 heavy (non-hydrogen) atoms. The van der Waals surface area contributed by atoms with Crippen molar-refractivity contribution in [3.8, 4) is 33.9 Å². The molecule has 6 heteroatoms. The van der Waals surface area contributed by atoms with E-state index in [0.717, 1.165) is 16.8 Å². The Kier molecular flexibility index (Phi) is 6.06. The number of amides is 1. The lowest BCUT2D eigenvalue weighted by Crippen LogP contribution is -2.20. The van der Waals surface area contributed by atoms with Crippen molar-refractivity contribution in [1.29, 1.82) is 0 Å². The van der Waals surface area contributed by atoms with Crippen LogP contribution in [0.1, 0.15) is 0 Å². The number of rotatable bonds is 7. The fourth-order valence-electron chi connectivity index (χ4n) is 2.96. The molecule has 0 atom stereocenters. The molecule has 0 saturated heterocycles. The van der Waals surface area contributed by atoms with Gasteiger partial charge in [0.25, 0.3) is 5.91 Å². The van der Waals surface area contributed by atoms with Gasteiger partial charge in [0.15, 0.2) is 23.2 Å². The Labute approximate surface area is 178 Å². The second-order valence-electron chi connectivity index (χ2n) is 6.47. The van der Waals surface area contributed by atoms with E-state index in [1.807, 2.05) is 47.8 Å². The van der Waals surface area contributed by atoms with Crippen LogP contribution in [0.15, 0.2) is 84.2 Å². The summed E-state index contributed by atoms with van der Waals surface area (Å²) in [5, 5.41) is 5.24. The third-order valence-electron chi connectivity index (χ3n) is 4.47. The second kappa shape index (κ2) is 9.24. The van der Waals surface area contributed by atoms with Crippen LogP contribution in [0.4, 0.5) is 5.13 Å². The first-order valence-corrected chi connectivity index (χ1v) is 10.3. The van der Waals surface area contributed by atoms with Crippen LogP contribution < -0.4 is 14.8 Å². The Hall–Kier alpha value is -3.64. The molecule has 1 N–H and O–H groups in total. The number of hydrogen-bond donors (Lipinski definition) is 1. The number of carbonyl (C=O) groups excluding carboxylic acids is 1. The lowest BCUT2D eigenvalue weighted by Gasteiger charge is -2.09. The van der Waals surface area contributed by atoms with E-state index in [1.54, 1.807) is 19.2 Å². The van der Waals surface area contributed by atoms with Gasteiger partial charge in [-0.15, -0.1) is 11.3 Å². The van der Waals surface area contributed by atoms with E-state index in [0.29, 0.717) is 16.6 Å². The van der Waals surface area contributed by atoms with Gasteiger partial charge in [-0.2, -0.15) is 0 Å². The van der Waals surface area contributed by atoms with Crippen molar-refractivity contribution in [3.05, 3.63) is 84.2 Å². The van der Waals surface area contributed by atoms with E-state index < -0.39 is 0 Å². The van der Waals surface area contributed by atoms with Crippen LogP contribution in [0.25, 0.3) is 22.4 Å². The molecule has 0 radical (unpaired) electrons. The zero-order valence-electron chi connectivity index (χ0n) is 16.4. The average Bonchev–Trinajstić information content (AvgIpc) is 3.27. The van der Waals surface area contributed by atoms with E-state index in [4.69, 9.17) is 9.47 Å². The lowest BCUT2D eigenvalue weighted by atomic mass is 10.0. The highest BCUT2D eigenvalue weighted by molar-refractivity contribution is 7.14. The number of benzene rings is 3. The van der Waals surface area contributed by atoms with Crippen LogP contribution in [-0.2, 0) is 4.79 Å². The van der Waals surface area contributed by atoms with Crippen molar-refractivity contribution in [2.45, 2.75) is 0 Å². The summed E-state index contributed by atoms with van der Waals surface area (Å²) in [7, 11) is 1.56. The number of thiazole rings is 1. The Morgan fingerprint density at radius 1 is 0.867 bits per heavy atom. The van der Waals surface area contributed by atoms with Gasteiger partial charge in [-0.3, -0.25) is 10.1 Å². The van der Waals surface area contributed by atoms with Crippen molar-refractivity contribution in [3.63, 3.8) is 0 Å². The molecular weight excluding hydrogens is 396 g/mol. The first-order valence-electron chi connectivity index (χ1n) is 9.40. The van der Waals surface area contributed by atoms with Gasteiger partial charge in [0.05, 0.1) is 12.8 Å². The highest BCUT2D eigenvalue weighted by atomic mass is 32.1. The fraction of sp³-hybridized carbons (Fsp3) is 0.0833. The van der Waals surface area contributed by atoms with Gasteiger partial charge in [0.1, 0.15) is 0 Å². The third kappa shape index (κ3) is 4.67. The third-order valence-corrected chi connectivity index (χ3v) is 5.22. The largest absolute Gasteiger partial charge is 0.493 e. The van der Waals surface area contributed by atoms with Gasteiger partial charge in [0, 0.05) is 10.9 Å². The molecule has 150 valence electrons. The standard InChI is InChI=1S/C24H20N2O3S/c1-28-21-9-5-6-10-22(21)29-15-23(27)26-24-25-20(16-30-24)19-13-11-18(12-14-19)17-7-3-2-4-8-17/h2-14,16H,15H2,1H3,(H,25,26,27). The number of nitrogens with zero attached hydrogens (tertiary/aromatic N) is 1. The number of hydrogen-bond acceptors (Lipinski definition) is 5.